The lowest BCUT2D eigenvalue weighted by molar-refractivity contribution is -0.127. The lowest BCUT2D eigenvalue weighted by Gasteiger charge is -2.33. The summed E-state index contributed by atoms with van der Waals surface area (Å²) in [5.74, 6) is 1.02. The minimum Gasteiger partial charge on any atom is -0.353 e. The van der Waals surface area contributed by atoms with Crippen LogP contribution in [0.4, 0.5) is 0 Å². The molecule has 1 amide bonds. The third-order valence-electron chi connectivity index (χ3n) is 3.89. The summed E-state index contributed by atoms with van der Waals surface area (Å²) >= 11 is 0. The van der Waals surface area contributed by atoms with Gasteiger partial charge in [0.2, 0.25) is 5.91 Å². The molecule has 2 aliphatic rings. The average molecular weight is 247 g/mol. The fourth-order valence-electron chi connectivity index (χ4n) is 2.46. The lowest BCUT2D eigenvalue weighted by atomic mass is 9.87. The molecule has 0 aromatic heterocycles. The average Bonchev–Trinajstić information content (AvgIpc) is 2.16. The van der Waals surface area contributed by atoms with Crippen molar-refractivity contribution in [1.29, 1.82) is 0 Å². The molecule has 2 fully saturated rings. The maximum absolute atomic E-state index is 11.9. The van der Waals surface area contributed by atoms with E-state index in [1.165, 1.54) is 32.1 Å². The number of carbonyl (C=O) groups excluding carboxylic acids is 1. The van der Waals surface area contributed by atoms with E-state index in [-0.39, 0.29) is 24.2 Å². The Hall–Kier alpha value is -0.280. The molecule has 2 rings (SSSR count). The molecule has 1 saturated carbocycles. The molecule has 0 aromatic carbocycles. The molecular weight excluding hydrogens is 224 g/mol. The minimum absolute atomic E-state index is 0. The topological polar surface area (TPSA) is 41.1 Å². The van der Waals surface area contributed by atoms with Gasteiger partial charge in [-0.2, -0.15) is 0 Å². The molecule has 0 spiro atoms. The van der Waals surface area contributed by atoms with Gasteiger partial charge in [0.05, 0.1) is 0 Å². The molecular formula is C12H23ClN2O. The molecule has 1 atom stereocenters. The van der Waals surface area contributed by atoms with E-state index in [1.54, 1.807) is 0 Å². The summed E-state index contributed by atoms with van der Waals surface area (Å²) in [6.07, 6.45) is 6.27. The van der Waals surface area contributed by atoms with Crippen LogP contribution in [0.2, 0.25) is 0 Å². The predicted molar refractivity (Wildman–Crippen MR) is 67.8 cm³/mol. The maximum Gasteiger partial charge on any atom is 0.223 e. The third-order valence-corrected chi connectivity index (χ3v) is 3.89. The normalized spacial score (nSPS) is 24.1. The predicted octanol–water partition coefficient (Wildman–Crippen LogP) is 1.71. The summed E-state index contributed by atoms with van der Waals surface area (Å²) in [5.41, 5.74) is 0. The van der Waals surface area contributed by atoms with Gasteiger partial charge in [-0.1, -0.05) is 26.2 Å². The van der Waals surface area contributed by atoms with Crippen molar-refractivity contribution in [2.45, 2.75) is 45.1 Å². The molecule has 1 heterocycles. The highest BCUT2D eigenvalue weighted by Gasteiger charge is 2.29. The highest BCUT2D eigenvalue weighted by Crippen LogP contribution is 2.20. The first-order valence-corrected chi connectivity index (χ1v) is 6.28. The third kappa shape index (κ3) is 3.36. The van der Waals surface area contributed by atoms with Crippen LogP contribution < -0.4 is 10.6 Å². The first kappa shape index (κ1) is 13.8. The standard InChI is InChI=1S/C12H22N2O.ClH/c1-9(10-7-13-8-10)12(15)14-11-5-3-2-4-6-11;/h9-11,13H,2-8H2,1H3,(H,14,15);1H. The fourth-order valence-corrected chi connectivity index (χ4v) is 2.46. The van der Waals surface area contributed by atoms with Crippen LogP contribution in [0, 0.1) is 11.8 Å². The maximum atomic E-state index is 11.9. The SMILES string of the molecule is CC(C(=O)NC1CCCCC1)C1CNC1.Cl. The van der Waals surface area contributed by atoms with E-state index < -0.39 is 0 Å². The van der Waals surface area contributed by atoms with Gasteiger partial charge in [0.1, 0.15) is 0 Å². The molecule has 0 radical (unpaired) electrons. The van der Waals surface area contributed by atoms with E-state index >= 15 is 0 Å². The van der Waals surface area contributed by atoms with Gasteiger partial charge in [-0.05, 0) is 31.8 Å². The van der Waals surface area contributed by atoms with E-state index in [0.717, 1.165) is 13.1 Å². The number of amides is 1. The molecule has 0 bridgehead atoms. The smallest absolute Gasteiger partial charge is 0.223 e. The first-order chi connectivity index (χ1) is 7.27. The molecule has 1 aliphatic heterocycles. The Kier molecular flexibility index (Phi) is 5.56. The van der Waals surface area contributed by atoms with Crippen LogP contribution in [0.5, 0.6) is 0 Å². The Morgan fingerprint density at radius 1 is 1.25 bits per heavy atom. The van der Waals surface area contributed by atoms with E-state index in [9.17, 15) is 4.79 Å². The van der Waals surface area contributed by atoms with Crippen LogP contribution in [0.1, 0.15) is 39.0 Å². The van der Waals surface area contributed by atoms with Gasteiger partial charge >= 0.3 is 0 Å². The van der Waals surface area contributed by atoms with Crippen LogP contribution in [0.3, 0.4) is 0 Å². The molecule has 1 unspecified atom stereocenters. The molecule has 4 heteroatoms. The van der Waals surface area contributed by atoms with Crippen LogP contribution >= 0.6 is 12.4 Å². The van der Waals surface area contributed by atoms with Crippen LogP contribution in [-0.2, 0) is 4.79 Å². The Labute approximate surface area is 104 Å². The summed E-state index contributed by atoms with van der Waals surface area (Å²) in [6.45, 7) is 4.09. The van der Waals surface area contributed by atoms with Gasteiger partial charge in [0.25, 0.3) is 0 Å². The second-order valence-electron chi connectivity index (χ2n) is 5.05. The van der Waals surface area contributed by atoms with Gasteiger partial charge in [-0.3, -0.25) is 4.79 Å². The van der Waals surface area contributed by atoms with E-state index in [4.69, 9.17) is 0 Å². The Bertz CT molecular complexity index is 225. The number of nitrogens with one attached hydrogen (secondary N) is 2. The molecule has 0 aromatic rings. The number of halogens is 1. The monoisotopic (exact) mass is 246 g/mol. The Morgan fingerprint density at radius 3 is 2.38 bits per heavy atom. The van der Waals surface area contributed by atoms with Gasteiger partial charge < -0.3 is 10.6 Å². The number of rotatable bonds is 3. The lowest BCUT2D eigenvalue weighted by Crippen LogP contribution is -2.51. The zero-order valence-corrected chi connectivity index (χ0v) is 10.8. The number of hydrogen-bond donors (Lipinski definition) is 2. The zero-order valence-electron chi connectivity index (χ0n) is 10.00. The van der Waals surface area contributed by atoms with E-state index in [2.05, 4.69) is 17.6 Å². The van der Waals surface area contributed by atoms with Crippen molar-refractivity contribution in [3.05, 3.63) is 0 Å². The highest BCUT2D eigenvalue weighted by molar-refractivity contribution is 5.85. The second-order valence-corrected chi connectivity index (χ2v) is 5.05. The van der Waals surface area contributed by atoms with Gasteiger partial charge in [-0.25, -0.2) is 0 Å². The van der Waals surface area contributed by atoms with Crippen molar-refractivity contribution < 1.29 is 4.79 Å². The van der Waals surface area contributed by atoms with Crippen molar-refractivity contribution >= 4 is 18.3 Å². The van der Waals surface area contributed by atoms with Gasteiger partial charge in [0.15, 0.2) is 0 Å². The molecule has 1 saturated heterocycles. The first-order valence-electron chi connectivity index (χ1n) is 6.28. The Balaban J connectivity index is 0.00000128. The Morgan fingerprint density at radius 2 is 1.88 bits per heavy atom. The van der Waals surface area contributed by atoms with Crippen LogP contribution in [0.25, 0.3) is 0 Å². The summed E-state index contributed by atoms with van der Waals surface area (Å²) in [4.78, 5) is 11.9. The number of carbonyl (C=O) groups is 1. The minimum atomic E-state index is 0. The summed E-state index contributed by atoms with van der Waals surface area (Å²) < 4.78 is 0. The zero-order chi connectivity index (χ0) is 10.7. The second kappa shape index (κ2) is 6.45. The molecule has 1 aliphatic carbocycles. The van der Waals surface area contributed by atoms with Crippen molar-refractivity contribution in [1.82, 2.24) is 10.6 Å². The molecule has 16 heavy (non-hydrogen) atoms. The van der Waals surface area contributed by atoms with Gasteiger partial charge in [0, 0.05) is 12.0 Å². The van der Waals surface area contributed by atoms with Crippen molar-refractivity contribution in [2.75, 3.05) is 13.1 Å². The van der Waals surface area contributed by atoms with Crippen molar-refractivity contribution in [2.24, 2.45) is 11.8 Å². The largest absolute Gasteiger partial charge is 0.353 e. The van der Waals surface area contributed by atoms with E-state index in [1.807, 2.05) is 0 Å². The van der Waals surface area contributed by atoms with Gasteiger partial charge in [-0.15, -0.1) is 12.4 Å². The fraction of sp³-hybridized carbons (Fsp3) is 0.917. The molecule has 2 N–H and O–H groups in total. The van der Waals surface area contributed by atoms with Crippen LogP contribution in [-0.4, -0.2) is 25.0 Å². The quantitative estimate of drug-likeness (QED) is 0.796. The summed E-state index contributed by atoms with van der Waals surface area (Å²) in [5, 5.41) is 6.42. The summed E-state index contributed by atoms with van der Waals surface area (Å²) in [7, 11) is 0. The van der Waals surface area contributed by atoms with Crippen molar-refractivity contribution in [3.8, 4) is 0 Å². The van der Waals surface area contributed by atoms with Crippen molar-refractivity contribution in [3.63, 3.8) is 0 Å². The van der Waals surface area contributed by atoms with Crippen LogP contribution in [0.15, 0.2) is 0 Å². The number of hydrogen-bond acceptors (Lipinski definition) is 2. The highest BCUT2D eigenvalue weighted by atomic mass is 35.5. The summed E-state index contributed by atoms with van der Waals surface area (Å²) in [6, 6.07) is 0.460. The molecule has 94 valence electrons. The van der Waals surface area contributed by atoms with E-state index in [0.29, 0.717) is 12.0 Å². The molecule has 3 nitrogen and oxygen atoms in total.